The monoisotopic (exact) mass is 650 g/mol. The van der Waals surface area contributed by atoms with Crippen molar-refractivity contribution in [2.45, 2.75) is 24.8 Å². The molecule has 0 bridgehead atoms. The standard InChI is InChI=1S/C45H34N2O3/c1-31-23-27-37(28-24-31)46-40(33-15-7-3-8-16-33)39(41(48)34-17-9-4-10-18-34)45(43(46)50)44(35-19-11-5-12-20-35,36-21-13-6-14-22-36)42(49)47(45)38-29-25-32(2)26-30-38/h3-30H,1-2H3/t45-/m1/s1. The molecule has 2 amide bonds. The number of Topliss-reactive ketones (excluding diaryl/α,β-unsaturated/α-hetero) is 1. The minimum Gasteiger partial charge on any atom is -0.290 e. The minimum absolute atomic E-state index is 0.244. The quantitative estimate of drug-likeness (QED) is 0.128. The summed E-state index contributed by atoms with van der Waals surface area (Å²) in [6.07, 6.45) is 0. The molecule has 0 aliphatic carbocycles. The summed E-state index contributed by atoms with van der Waals surface area (Å²) in [6, 6.07) is 52.8. The van der Waals surface area contributed by atoms with E-state index in [1.54, 1.807) is 21.9 Å². The minimum atomic E-state index is -1.83. The van der Waals surface area contributed by atoms with E-state index >= 15 is 14.4 Å². The fourth-order valence-electron chi connectivity index (χ4n) is 7.83. The maximum atomic E-state index is 16.2. The average Bonchev–Trinajstić information content (AvgIpc) is 3.44. The molecule has 50 heavy (non-hydrogen) atoms. The van der Waals surface area contributed by atoms with E-state index in [4.69, 9.17) is 0 Å². The molecule has 5 nitrogen and oxygen atoms in total. The van der Waals surface area contributed by atoms with Gasteiger partial charge in [-0.2, -0.15) is 0 Å². The van der Waals surface area contributed by atoms with Gasteiger partial charge in [0.1, 0.15) is 5.41 Å². The molecular formula is C45H34N2O3. The maximum Gasteiger partial charge on any atom is 0.264 e. The molecule has 0 radical (unpaired) electrons. The lowest BCUT2D eigenvalue weighted by atomic mass is 9.50. The van der Waals surface area contributed by atoms with Crippen LogP contribution in [-0.4, -0.2) is 23.1 Å². The number of amides is 2. The molecule has 0 N–H and O–H groups in total. The van der Waals surface area contributed by atoms with E-state index in [-0.39, 0.29) is 23.2 Å². The van der Waals surface area contributed by atoms with Crippen molar-refractivity contribution in [1.29, 1.82) is 0 Å². The van der Waals surface area contributed by atoms with Crippen molar-refractivity contribution in [3.05, 3.63) is 209 Å². The molecule has 1 atom stereocenters. The number of carbonyl (C=O) groups is 3. The smallest absolute Gasteiger partial charge is 0.264 e. The molecule has 5 heteroatoms. The molecule has 0 saturated carbocycles. The highest BCUT2D eigenvalue weighted by atomic mass is 16.2. The van der Waals surface area contributed by atoms with Crippen LogP contribution in [-0.2, 0) is 15.0 Å². The second kappa shape index (κ2) is 12.0. The first-order valence-electron chi connectivity index (χ1n) is 16.7. The van der Waals surface area contributed by atoms with Crippen molar-refractivity contribution in [2.75, 3.05) is 9.80 Å². The molecule has 2 aliphatic rings. The van der Waals surface area contributed by atoms with Crippen LogP contribution in [0.15, 0.2) is 175 Å². The van der Waals surface area contributed by atoms with Crippen LogP contribution in [0.4, 0.5) is 11.4 Å². The highest BCUT2D eigenvalue weighted by Gasteiger charge is 2.82. The number of rotatable bonds is 7. The predicted molar refractivity (Wildman–Crippen MR) is 198 cm³/mol. The van der Waals surface area contributed by atoms with E-state index in [0.29, 0.717) is 39.3 Å². The van der Waals surface area contributed by atoms with E-state index in [2.05, 4.69) is 0 Å². The van der Waals surface area contributed by atoms with Crippen LogP contribution >= 0.6 is 0 Å². The SMILES string of the molecule is Cc1ccc(N2C(=O)[C@@]3(C(C(=O)c4ccccc4)=C2c2ccccc2)N(c2ccc(C)cc2)C(=O)C3(c2ccccc2)c2ccccc2)cc1. The molecule has 1 fully saturated rings. The van der Waals surface area contributed by atoms with E-state index in [0.717, 1.165) is 11.1 Å². The summed E-state index contributed by atoms with van der Waals surface area (Å²) in [4.78, 5) is 50.5. The summed E-state index contributed by atoms with van der Waals surface area (Å²) in [5.74, 6) is -0.996. The first-order chi connectivity index (χ1) is 24.4. The molecule has 2 aliphatic heterocycles. The number of nitrogens with zero attached hydrogens (tertiary/aromatic N) is 2. The summed E-state index contributed by atoms with van der Waals surface area (Å²) in [7, 11) is 0. The molecule has 0 unspecified atom stereocenters. The molecule has 8 rings (SSSR count). The van der Waals surface area contributed by atoms with Crippen LogP contribution < -0.4 is 9.80 Å². The van der Waals surface area contributed by atoms with Gasteiger partial charge in [-0.05, 0) is 54.8 Å². The largest absolute Gasteiger partial charge is 0.290 e. The zero-order valence-corrected chi connectivity index (χ0v) is 27.8. The number of β-lactam (4-membered cyclic amide) rings is 1. The lowest BCUT2D eigenvalue weighted by Crippen LogP contribution is -2.85. The Morgan fingerprint density at radius 2 is 0.940 bits per heavy atom. The fourth-order valence-corrected chi connectivity index (χ4v) is 7.83. The van der Waals surface area contributed by atoms with Gasteiger partial charge in [-0.25, -0.2) is 0 Å². The summed E-state index contributed by atoms with van der Waals surface area (Å²) in [6.45, 7) is 3.97. The Balaban J connectivity index is 1.59. The van der Waals surface area contributed by atoms with Crippen molar-refractivity contribution in [2.24, 2.45) is 0 Å². The van der Waals surface area contributed by atoms with Crippen LogP contribution in [0.3, 0.4) is 0 Å². The van der Waals surface area contributed by atoms with Gasteiger partial charge in [0.2, 0.25) is 5.91 Å². The summed E-state index contributed by atoms with van der Waals surface area (Å²) in [5, 5.41) is 0. The number of aryl methyl sites for hydroxylation is 2. The Morgan fingerprint density at radius 3 is 1.44 bits per heavy atom. The van der Waals surface area contributed by atoms with Crippen molar-refractivity contribution >= 4 is 34.7 Å². The van der Waals surface area contributed by atoms with E-state index in [1.165, 1.54) is 0 Å². The number of hydrogen-bond acceptors (Lipinski definition) is 3. The summed E-state index contributed by atoms with van der Waals surface area (Å²) < 4.78 is 0. The number of hydrogen-bond donors (Lipinski definition) is 0. The summed E-state index contributed by atoms with van der Waals surface area (Å²) >= 11 is 0. The van der Waals surface area contributed by atoms with Crippen molar-refractivity contribution in [3.63, 3.8) is 0 Å². The molecule has 6 aromatic carbocycles. The highest BCUT2D eigenvalue weighted by molar-refractivity contribution is 6.39. The lowest BCUT2D eigenvalue weighted by Gasteiger charge is -2.63. The molecule has 1 saturated heterocycles. The van der Waals surface area contributed by atoms with Crippen LogP contribution in [0.1, 0.15) is 38.2 Å². The fraction of sp³-hybridized carbons (Fsp3) is 0.0889. The first-order valence-corrected chi connectivity index (χ1v) is 16.7. The molecule has 0 aromatic heterocycles. The average molecular weight is 651 g/mol. The van der Waals surface area contributed by atoms with E-state index in [1.807, 2.05) is 172 Å². The zero-order valence-electron chi connectivity index (χ0n) is 27.8. The van der Waals surface area contributed by atoms with Gasteiger partial charge in [-0.15, -0.1) is 0 Å². The Bertz CT molecular complexity index is 2230. The van der Waals surface area contributed by atoms with Gasteiger partial charge in [0.25, 0.3) is 5.91 Å². The molecule has 2 heterocycles. The third kappa shape index (κ3) is 4.30. The van der Waals surface area contributed by atoms with Crippen molar-refractivity contribution in [1.82, 2.24) is 0 Å². The Hall–Kier alpha value is -6.33. The second-order valence-corrected chi connectivity index (χ2v) is 12.9. The van der Waals surface area contributed by atoms with Gasteiger partial charge in [0.15, 0.2) is 11.3 Å². The van der Waals surface area contributed by atoms with E-state index < -0.39 is 11.0 Å². The Labute approximate surface area is 291 Å². The van der Waals surface area contributed by atoms with Gasteiger partial charge in [-0.3, -0.25) is 24.2 Å². The third-order valence-electron chi connectivity index (χ3n) is 10.0. The van der Waals surface area contributed by atoms with Gasteiger partial charge >= 0.3 is 0 Å². The first kappa shape index (κ1) is 31.0. The Kier molecular flexibility index (Phi) is 7.41. The van der Waals surface area contributed by atoms with Crippen LogP contribution in [0.2, 0.25) is 0 Å². The number of anilines is 2. The number of ketones is 1. The maximum absolute atomic E-state index is 16.2. The number of benzene rings is 6. The lowest BCUT2D eigenvalue weighted by molar-refractivity contribution is -0.142. The normalized spacial score (nSPS) is 18.0. The molecular weight excluding hydrogens is 617 g/mol. The van der Waals surface area contributed by atoms with Gasteiger partial charge in [0.05, 0.1) is 11.3 Å². The predicted octanol–water partition coefficient (Wildman–Crippen LogP) is 8.72. The van der Waals surface area contributed by atoms with Crippen LogP contribution in [0.25, 0.3) is 5.70 Å². The second-order valence-electron chi connectivity index (χ2n) is 12.9. The third-order valence-corrected chi connectivity index (χ3v) is 10.0. The zero-order chi connectivity index (χ0) is 34.5. The van der Waals surface area contributed by atoms with Crippen LogP contribution in [0.5, 0.6) is 0 Å². The van der Waals surface area contributed by atoms with Gasteiger partial charge in [0, 0.05) is 16.9 Å². The number of carbonyl (C=O) groups excluding carboxylic acids is 3. The molecule has 6 aromatic rings. The van der Waals surface area contributed by atoms with Gasteiger partial charge < -0.3 is 0 Å². The van der Waals surface area contributed by atoms with E-state index in [9.17, 15) is 0 Å². The van der Waals surface area contributed by atoms with Gasteiger partial charge in [-0.1, -0.05) is 157 Å². The van der Waals surface area contributed by atoms with Crippen LogP contribution in [0, 0.1) is 13.8 Å². The van der Waals surface area contributed by atoms with Crippen molar-refractivity contribution in [3.8, 4) is 0 Å². The Morgan fingerprint density at radius 1 is 0.500 bits per heavy atom. The highest BCUT2D eigenvalue weighted by Crippen LogP contribution is 2.64. The van der Waals surface area contributed by atoms with Crippen molar-refractivity contribution < 1.29 is 14.4 Å². The molecule has 242 valence electrons. The summed E-state index contributed by atoms with van der Waals surface area (Å²) in [5.41, 5.74) is 2.82. The topological polar surface area (TPSA) is 57.7 Å². The molecule has 1 spiro atoms.